The van der Waals surface area contributed by atoms with Crippen LogP contribution in [0.25, 0.3) is 0 Å². The summed E-state index contributed by atoms with van der Waals surface area (Å²) < 4.78 is 11.4. The molecule has 0 amide bonds. The van der Waals surface area contributed by atoms with Crippen LogP contribution < -0.4 is 10.5 Å². The first-order chi connectivity index (χ1) is 9.10. The topological polar surface area (TPSA) is 44.5 Å². The number of benzene rings is 1. The van der Waals surface area contributed by atoms with Gasteiger partial charge in [-0.1, -0.05) is 39.0 Å². The van der Waals surface area contributed by atoms with Gasteiger partial charge in [0.05, 0.1) is 7.11 Å². The highest BCUT2D eigenvalue weighted by molar-refractivity contribution is 5.35. The van der Waals surface area contributed by atoms with E-state index in [-0.39, 0.29) is 12.1 Å². The van der Waals surface area contributed by atoms with E-state index in [1.807, 2.05) is 24.3 Å². The van der Waals surface area contributed by atoms with Crippen molar-refractivity contribution in [3.63, 3.8) is 0 Å². The number of hydrogen-bond acceptors (Lipinski definition) is 3. The molecule has 0 radical (unpaired) electrons. The Balaban J connectivity index is 2.83. The Bertz CT molecular complexity index is 366. The minimum Gasteiger partial charge on any atom is -0.496 e. The van der Waals surface area contributed by atoms with Gasteiger partial charge in [0.25, 0.3) is 0 Å². The first-order valence-corrected chi connectivity index (χ1v) is 7.10. The fourth-order valence-corrected chi connectivity index (χ4v) is 1.99. The predicted octanol–water partition coefficient (Wildman–Crippen LogP) is 3.54. The van der Waals surface area contributed by atoms with Gasteiger partial charge in [-0.05, 0) is 24.8 Å². The molecule has 0 saturated heterocycles. The van der Waals surface area contributed by atoms with Gasteiger partial charge in [-0.25, -0.2) is 0 Å². The van der Waals surface area contributed by atoms with Crippen LogP contribution in [-0.2, 0) is 4.74 Å². The van der Waals surface area contributed by atoms with Crippen LogP contribution in [0, 0.1) is 5.92 Å². The van der Waals surface area contributed by atoms with Gasteiger partial charge in [0.1, 0.15) is 11.9 Å². The molecule has 0 aliphatic heterocycles. The molecule has 1 aromatic rings. The van der Waals surface area contributed by atoms with E-state index in [1.165, 1.54) is 0 Å². The van der Waals surface area contributed by atoms with E-state index in [9.17, 15) is 0 Å². The SMILES string of the molecule is CCC(N)C(OCCC(C)C)c1ccccc1OC. The maximum Gasteiger partial charge on any atom is 0.124 e. The van der Waals surface area contributed by atoms with Crippen molar-refractivity contribution < 1.29 is 9.47 Å². The van der Waals surface area contributed by atoms with E-state index in [4.69, 9.17) is 15.2 Å². The molecule has 2 atom stereocenters. The van der Waals surface area contributed by atoms with Gasteiger partial charge in [-0.3, -0.25) is 0 Å². The van der Waals surface area contributed by atoms with E-state index in [1.54, 1.807) is 7.11 Å². The summed E-state index contributed by atoms with van der Waals surface area (Å²) in [6.07, 6.45) is 1.83. The molecule has 0 spiro atoms. The maximum absolute atomic E-state index is 6.21. The second kappa shape index (κ2) is 8.18. The fourth-order valence-electron chi connectivity index (χ4n) is 1.99. The van der Waals surface area contributed by atoms with Crippen LogP contribution in [0.4, 0.5) is 0 Å². The van der Waals surface area contributed by atoms with Crippen molar-refractivity contribution >= 4 is 0 Å². The summed E-state index contributed by atoms with van der Waals surface area (Å²) in [5, 5.41) is 0. The van der Waals surface area contributed by atoms with E-state index in [2.05, 4.69) is 20.8 Å². The molecule has 2 unspecified atom stereocenters. The lowest BCUT2D eigenvalue weighted by Gasteiger charge is -2.25. The standard InChI is InChI=1S/C16H27NO2/c1-5-14(17)16(19-11-10-12(2)3)13-8-6-7-9-15(13)18-4/h6-9,12,14,16H,5,10-11,17H2,1-4H3. The average Bonchev–Trinajstić information content (AvgIpc) is 2.42. The quantitative estimate of drug-likeness (QED) is 0.782. The Morgan fingerprint density at radius 2 is 1.89 bits per heavy atom. The molecule has 0 heterocycles. The molecule has 0 bridgehead atoms. The number of nitrogens with two attached hydrogens (primary N) is 1. The van der Waals surface area contributed by atoms with Gasteiger partial charge in [0, 0.05) is 18.2 Å². The Kier molecular flexibility index (Phi) is 6.89. The Hall–Kier alpha value is -1.06. The molecule has 0 aromatic heterocycles. The molecule has 0 fully saturated rings. The minimum atomic E-state index is -0.0973. The third kappa shape index (κ3) is 4.84. The second-order valence-electron chi connectivity index (χ2n) is 5.29. The van der Waals surface area contributed by atoms with Crippen LogP contribution in [0.15, 0.2) is 24.3 Å². The zero-order valence-electron chi connectivity index (χ0n) is 12.6. The van der Waals surface area contributed by atoms with Crippen molar-refractivity contribution in [1.82, 2.24) is 0 Å². The number of rotatable bonds is 8. The van der Waals surface area contributed by atoms with Gasteiger partial charge in [0.2, 0.25) is 0 Å². The van der Waals surface area contributed by atoms with E-state index < -0.39 is 0 Å². The van der Waals surface area contributed by atoms with Gasteiger partial charge in [-0.2, -0.15) is 0 Å². The second-order valence-corrected chi connectivity index (χ2v) is 5.29. The van der Waals surface area contributed by atoms with E-state index in [0.717, 1.165) is 30.8 Å². The lowest BCUT2D eigenvalue weighted by atomic mass is 9.99. The van der Waals surface area contributed by atoms with Crippen molar-refractivity contribution in [3.8, 4) is 5.75 Å². The van der Waals surface area contributed by atoms with Crippen LogP contribution in [-0.4, -0.2) is 19.8 Å². The Morgan fingerprint density at radius 3 is 2.47 bits per heavy atom. The molecule has 108 valence electrons. The molecule has 0 aliphatic rings. The van der Waals surface area contributed by atoms with Crippen molar-refractivity contribution in [3.05, 3.63) is 29.8 Å². The monoisotopic (exact) mass is 265 g/mol. The highest BCUT2D eigenvalue weighted by atomic mass is 16.5. The average molecular weight is 265 g/mol. The zero-order valence-corrected chi connectivity index (χ0v) is 12.6. The summed E-state index contributed by atoms with van der Waals surface area (Å²) in [6, 6.07) is 7.94. The van der Waals surface area contributed by atoms with Gasteiger partial charge in [0.15, 0.2) is 0 Å². The van der Waals surface area contributed by atoms with E-state index >= 15 is 0 Å². The summed E-state index contributed by atoms with van der Waals surface area (Å²) in [7, 11) is 1.68. The van der Waals surface area contributed by atoms with Gasteiger partial charge in [-0.15, -0.1) is 0 Å². The lowest BCUT2D eigenvalue weighted by molar-refractivity contribution is 0.0260. The summed E-state index contributed by atoms with van der Waals surface area (Å²) in [5.74, 6) is 1.48. The molecule has 2 N–H and O–H groups in total. The largest absolute Gasteiger partial charge is 0.496 e. The number of hydrogen-bond donors (Lipinski definition) is 1. The Morgan fingerprint density at radius 1 is 1.21 bits per heavy atom. The summed E-state index contributed by atoms with van der Waals surface area (Å²) >= 11 is 0. The van der Waals surface area contributed by atoms with Crippen LogP contribution in [0.3, 0.4) is 0 Å². The maximum atomic E-state index is 6.21. The van der Waals surface area contributed by atoms with Crippen LogP contribution in [0.2, 0.25) is 0 Å². The smallest absolute Gasteiger partial charge is 0.124 e. The van der Waals surface area contributed by atoms with Crippen LogP contribution in [0.5, 0.6) is 5.75 Å². The molecule has 0 aliphatic carbocycles. The molecule has 1 aromatic carbocycles. The van der Waals surface area contributed by atoms with Crippen molar-refractivity contribution in [2.24, 2.45) is 11.7 Å². The van der Waals surface area contributed by atoms with Crippen molar-refractivity contribution in [2.75, 3.05) is 13.7 Å². The number of ether oxygens (including phenoxy) is 2. The molecular formula is C16H27NO2. The minimum absolute atomic E-state index is 0.0107. The Labute approximate surface area is 117 Å². The van der Waals surface area contributed by atoms with Crippen LogP contribution in [0.1, 0.15) is 45.3 Å². The molecule has 3 heteroatoms. The van der Waals surface area contributed by atoms with Crippen molar-refractivity contribution in [2.45, 2.75) is 45.8 Å². The molecule has 0 saturated carbocycles. The van der Waals surface area contributed by atoms with Crippen molar-refractivity contribution in [1.29, 1.82) is 0 Å². The summed E-state index contributed by atoms with van der Waals surface area (Å²) in [4.78, 5) is 0. The van der Waals surface area contributed by atoms with E-state index in [0.29, 0.717) is 5.92 Å². The normalized spacial score (nSPS) is 14.4. The highest BCUT2D eigenvalue weighted by Gasteiger charge is 2.22. The first-order valence-electron chi connectivity index (χ1n) is 7.10. The van der Waals surface area contributed by atoms with Gasteiger partial charge < -0.3 is 15.2 Å². The summed E-state index contributed by atoms with van der Waals surface area (Å²) in [6.45, 7) is 7.20. The zero-order chi connectivity index (χ0) is 14.3. The van der Waals surface area contributed by atoms with Gasteiger partial charge >= 0.3 is 0 Å². The molecular weight excluding hydrogens is 238 g/mol. The molecule has 1 rings (SSSR count). The predicted molar refractivity (Wildman–Crippen MR) is 79.4 cm³/mol. The third-order valence-electron chi connectivity index (χ3n) is 3.30. The fraction of sp³-hybridized carbons (Fsp3) is 0.625. The van der Waals surface area contributed by atoms with Crippen LogP contribution >= 0.6 is 0 Å². The molecule has 19 heavy (non-hydrogen) atoms. The first kappa shape index (κ1) is 16.0. The highest BCUT2D eigenvalue weighted by Crippen LogP contribution is 2.30. The molecule has 3 nitrogen and oxygen atoms in total. The lowest BCUT2D eigenvalue weighted by Crippen LogP contribution is -2.30. The summed E-state index contributed by atoms with van der Waals surface area (Å²) in [5.41, 5.74) is 7.25. The number of para-hydroxylation sites is 1. The third-order valence-corrected chi connectivity index (χ3v) is 3.30. The number of methoxy groups -OCH3 is 1.